The van der Waals surface area contributed by atoms with Crippen LogP contribution in [-0.4, -0.2) is 14.9 Å². The molecule has 0 radical (unpaired) electrons. The summed E-state index contributed by atoms with van der Waals surface area (Å²) in [5, 5.41) is 0. The van der Waals surface area contributed by atoms with Crippen molar-refractivity contribution in [2.45, 2.75) is 6.92 Å². The molecule has 1 aromatic rings. The minimum atomic E-state index is -3.59. The van der Waals surface area contributed by atoms with Gasteiger partial charge < -0.3 is 0 Å². The average Bonchev–Trinajstić information content (AvgIpc) is 2.30. The Labute approximate surface area is 75.6 Å². The Morgan fingerprint density at radius 1 is 1.54 bits per heavy atom. The lowest BCUT2D eigenvalue weighted by atomic mass is 10.5. The van der Waals surface area contributed by atoms with Crippen LogP contribution in [0.4, 0.5) is 8.28 Å². The molecule has 1 rings (SSSR count). The molecule has 0 aliphatic carbocycles. The van der Waals surface area contributed by atoms with Crippen molar-refractivity contribution >= 4 is 9.91 Å². The Hall–Kier alpha value is -0.970. The summed E-state index contributed by atoms with van der Waals surface area (Å²) in [5.41, 5.74) is 0. The van der Waals surface area contributed by atoms with Crippen molar-refractivity contribution in [3.8, 4) is 0 Å². The van der Waals surface area contributed by atoms with E-state index >= 15 is 0 Å². The minimum absolute atomic E-state index is 0.147. The third-order valence-electron chi connectivity index (χ3n) is 1.49. The first-order valence-corrected chi connectivity index (χ1v) is 5.35. The summed E-state index contributed by atoms with van der Waals surface area (Å²) in [7, 11) is -3.59. The Morgan fingerprint density at radius 2 is 2.23 bits per heavy atom. The summed E-state index contributed by atoms with van der Waals surface area (Å²) < 4.78 is 36.7. The lowest BCUT2D eigenvalue weighted by Crippen LogP contribution is -1.96. The normalized spacial score (nSPS) is 15.0. The maximum Gasteiger partial charge on any atom is 0.149 e. The molecule has 1 unspecified atom stereocenters. The summed E-state index contributed by atoms with van der Waals surface area (Å²) in [5.74, 6) is -0.733. The average molecular weight is 205 g/mol. The zero-order chi connectivity index (χ0) is 9.90. The van der Waals surface area contributed by atoms with E-state index in [-0.39, 0.29) is 10.4 Å². The van der Waals surface area contributed by atoms with E-state index < -0.39 is 15.7 Å². The molecule has 0 bridgehead atoms. The molecule has 0 amide bonds. The first-order valence-electron chi connectivity index (χ1n) is 3.72. The molecule has 1 aromatic heterocycles. The van der Waals surface area contributed by atoms with Gasteiger partial charge >= 0.3 is 0 Å². The Balaban J connectivity index is 3.61. The van der Waals surface area contributed by atoms with Crippen LogP contribution in [0.2, 0.25) is 0 Å². The van der Waals surface area contributed by atoms with Crippen LogP contribution in [-0.2, 0) is 9.91 Å². The maximum absolute atomic E-state index is 13.2. The molecule has 0 fully saturated rings. The van der Waals surface area contributed by atoms with Gasteiger partial charge in [0.15, 0.2) is 0 Å². The van der Waals surface area contributed by atoms with Crippen LogP contribution in [0.5, 0.6) is 0 Å². The summed E-state index contributed by atoms with van der Waals surface area (Å²) in [6.45, 7) is 1.45. The first kappa shape index (κ1) is 10.1. The van der Waals surface area contributed by atoms with E-state index in [0.29, 0.717) is 0 Å². The third kappa shape index (κ3) is 2.48. The van der Waals surface area contributed by atoms with Gasteiger partial charge in [0.05, 0.1) is 6.20 Å². The SMILES string of the molecule is CCS(=O)(F)=c1cccc(F)cn1. The highest BCUT2D eigenvalue weighted by molar-refractivity contribution is 7.90. The van der Waals surface area contributed by atoms with Crippen LogP contribution >= 0.6 is 0 Å². The van der Waals surface area contributed by atoms with Gasteiger partial charge in [-0.3, -0.25) is 0 Å². The molecule has 1 heterocycles. The molecular formula is C8H9F2NOS. The van der Waals surface area contributed by atoms with Crippen molar-refractivity contribution in [2.75, 3.05) is 5.75 Å². The fourth-order valence-corrected chi connectivity index (χ4v) is 1.55. The first-order chi connectivity index (χ1) is 6.06. The van der Waals surface area contributed by atoms with Gasteiger partial charge in [0.1, 0.15) is 20.4 Å². The van der Waals surface area contributed by atoms with Crippen molar-refractivity contribution < 1.29 is 12.5 Å². The van der Waals surface area contributed by atoms with Crippen LogP contribution in [0.15, 0.2) is 24.4 Å². The number of nitrogens with zero attached hydrogens (tertiary/aromatic N) is 1. The molecule has 2 nitrogen and oxygen atoms in total. The van der Waals surface area contributed by atoms with E-state index in [9.17, 15) is 12.5 Å². The zero-order valence-corrected chi connectivity index (χ0v) is 7.85. The smallest absolute Gasteiger partial charge is 0.149 e. The van der Waals surface area contributed by atoms with Crippen LogP contribution in [0.3, 0.4) is 0 Å². The Morgan fingerprint density at radius 3 is 2.85 bits per heavy atom. The van der Waals surface area contributed by atoms with E-state index in [1.54, 1.807) is 0 Å². The molecule has 0 saturated carbocycles. The van der Waals surface area contributed by atoms with Gasteiger partial charge in [0, 0.05) is 5.75 Å². The lowest BCUT2D eigenvalue weighted by molar-refractivity contribution is 0.624. The van der Waals surface area contributed by atoms with Gasteiger partial charge in [0.2, 0.25) is 0 Å². The van der Waals surface area contributed by atoms with Gasteiger partial charge in [-0.15, -0.1) is 3.89 Å². The standard InChI is InChI=1S/C8H9F2NOS/c1-2-13(10,12)8-5-3-4-7(9)6-11-8/h3-6H,2H2,1H3. The fourth-order valence-electron chi connectivity index (χ4n) is 0.762. The van der Waals surface area contributed by atoms with E-state index in [1.807, 2.05) is 0 Å². The van der Waals surface area contributed by atoms with Gasteiger partial charge in [-0.2, -0.15) is 0 Å². The molecule has 1 atom stereocenters. The number of aromatic nitrogens is 1. The summed E-state index contributed by atoms with van der Waals surface area (Å²) >= 11 is 0. The molecular weight excluding hydrogens is 196 g/mol. The molecule has 5 heteroatoms. The van der Waals surface area contributed by atoms with E-state index in [1.165, 1.54) is 19.1 Å². The number of rotatable bonds is 1. The summed E-state index contributed by atoms with van der Waals surface area (Å²) in [6, 6.07) is 3.63. The van der Waals surface area contributed by atoms with Gasteiger partial charge in [-0.25, -0.2) is 13.6 Å². The van der Waals surface area contributed by atoms with Crippen molar-refractivity contribution in [1.29, 1.82) is 0 Å². The molecule has 72 valence electrons. The highest BCUT2D eigenvalue weighted by Crippen LogP contribution is 2.00. The van der Waals surface area contributed by atoms with Gasteiger partial charge in [-0.05, 0) is 12.1 Å². The van der Waals surface area contributed by atoms with Crippen molar-refractivity contribution in [2.24, 2.45) is 0 Å². The second-order valence-electron chi connectivity index (χ2n) is 2.39. The molecule has 0 aliphatic rings. The fraction of sp³-hybridized carbons (Fsp3) is 0.250. The van der Waals surface area contributed by atoms with Crippen LogP contribution < -0.4 is 0 Å². The third-order valence-corrected chi connectivity index (χ3v) is 3.10. The molecule has 0 N–H and O–H groups in total. The molecule has 0 spiro atoms. The van der Waals surface area contributed by atoms with E-state index in [2.05, 4.69) is 4.98 Å². The molecule has 13 heavy (non-hydrogen) atoms. The van der Waals surface area contributed by atoms with E-state index in [4.69, 9.17) is 0 Å². The Kier molecular flexibility index (Phi) is 2.98. The number of hydrogen-bond acceptors (Lipinski definition) is 2. The molecule has 0 aliphatic heterocycles. The lowest BCUT2D eigenvalue weighted by Gasteiger charge is -1.90. The minimum Gasteiger partial charge on any atom is -0.243 e. The van der Waals surface area contributed by atoms with E-state index in [0.717, 1.165) is 12.3 Å². The quantitative estimate of drug-likeness (QED) is 0.518. The van der Waals surface area contributed by atoms with Crippen molar-refractivity contribution in [3.63, 3.8) is 0 Å². The topological polar surface area (TPSA) is 30.0 Å². The highest BCUT2D eigenvalue weighted by atomic mass is 32.2. The molecule has 0 aromatic carbocycles. The van der Waals surface area contributed by atoms with Crippen LogP contribution in [0.1, 0.15) is 6.92 Å². The number of hydrogen-bond donors (Lipinski definition) is 0. The summed E-state index contributed by atoms with van der Waals surface area (Å²) in [4.78, 5) is 3.46. The number of halogens is 2. The second kappa shape index (κ2) is 3.83. The molecule has 0 saturated heterocycles. The van der Waals surface area contributed by atoms with Crippen LogP contribution in [0.25, 0.3) is 0 Å². The second-order valence-corrected chi connectivity index (χ2v) is 4.58. The van der Waals surface area contributed by atoms with Crippen molar-refractivity contribution in [3.05, 3.63) is 34.9 Å². The van der Waals surface area contributed by atoms with Gasteiger partial charge in [-0.1, -0.05) is 13.0 Å². The van der Waals surface area contributed by atoms with Gasteiger partial charge in [0.25, 0.3) is 0 Å². The maximum atomic E-state index is 13.2. The zero-order valence-electron chi connectivity index (χ0n) is 7.04. The van der Waals surface area contributed by atoms with Crippen LogP contribution in [0, 0.1) is 10.5 Å². The monoisotopic (exact) mass is 205 g/mol. The summed E-state index contributed by atoms with van der Waals surface area (Å²) in [6.07, 6.45) is 0.851. The predicted molar refractivity (Wildman–Crippen MR) is 47.2 cm³/mol. The Bertz CT molecular complexity index is 452. The predicted octanol–water partition coefficient (Wildman–Crippen LogP) is 1.94. The van der Waals surface area contributed by atoms with Crippen molar-refractivity contribution in [1.82, 2.24) is 4.98 Å². The highest BCUT2D eigenvalue weighted by Gasteiger charge is 2.01. The largest absolute Gasteiger partial charge is 0.243 e.